The summed E-state index contributed by atoms with van der Waals surface area (Å²) in [4.78, 5) is 2.49. The molecule has 1 heterocycles. The molecule has 0 radical (unpaired) electrons. The second-order valence-electron chi connectivity index (χ2n) is 4.87. The summed E-state index contributed by atoms with van der Waals surface area (Å²) in [5.41, 5.74) is 2.57. The maximum atomic E-state index is 6.40. The van der Waals surface area contributed by atoms with Crippen LogP contribution in [0.5, 0.6) is 0 Å². The van der Waals surface area contributed by atoms with Gasteiger partial charge >= 0.3 is 0 Å². The number of nitrogens with one attached hydrogen (secondary N) is 1. The molecule has 2 rings (SSSR count). The maximum Gasteiger partial charge on any atom is 0.0471 e. The number of benzene rings is 1. The largest absolute Gasteiger partial charge is 0.370 e. The van der Waals surface area contributed by atoms with E-state index in [1.54, 1.807) is 0 Å². The van der Waals surface area contributed by atoms with E-state index in [0.29, 0.717) is 0 Å². The van der Waals surface area contributed by atoms with Crippen LogP contribution in [0.1, 0.15) is 25.3 Å². The topological polar surface area (TPSA) is 15.3 Å². The molecule has 0 unspecified atom stereocenters. The molecule has 1 aliphatic heterocycles. The molecular formula is C15H23ClN2S. The quantitative estimate of drug-likeness (QED) is 0.833. The highest BCUT2D eigenvalue weighted by molar-refractivity contribution is 7.99. The fourth-order valence-corrected chi connectivity index (χ4v) is 3.52. The molecule has 0 saturated carbocycles. The highest BCUT2D eigenvalue weighted by Crippen LogP contribution is 2.29. The lowest BCUT2D eigenvalue weighted by Gasteiger charge is -2.26. The zero-order valence-corrected chi connectivity index (χ0v) is 13.2. The molecule has 1 fully saturated rings. The molecular weight excluding hydrogens is 276 g/mol. The van der Waals surface area contributed by atoms with E-state index >= 15 is 0 Å². The number of thioether (sulfide) groups is 1. The minimum atomic E-state index is 0.868. The lowest BCUT2D eigenvalue weighted by atomic mass is 10.1. The van der Waals surface area contributed by atoms with Gasteiger partial charge in [-0.1, -0.05) is 24.6 Å². The molecule has 106 valence electrons. The van der Waals surface area contributed by atoms with Crippen molar-refractivity contribution >= 4 is 29.1 Å². The normalized spacial score (nSPS) is 16.4. The zero-order valence-electron chi connectivity index (χ0n) is 11.6. The third kappa shape index (κ3) is 4.30. The standard InChI is InChI=1S/C15H23ClN2S/c1-2-7-17-12-13-14(16)5-3-6-15(13)18-8-4-10-19-11-9-18/h3,5-6,17H,2,4,7-12H2,1H3. The van der Waals surface area contributed by atoms with Crippen molar-refractivity contribution in [1.29, 1.82) is 0 Å². The van der Waals surface area contributed by atoms with E-state index < -0.39 is 0 Å². The second-order valence-corrected chi connectivity index (χ2v) is 6.50. The summed E-state index contributed by atoms with van der Waals surface area (Å²) in [7, 11) is 0. The maximum absolute atomic E-state index is 6.40. The molecule has 19 heavy (non-hydrogen) atoms. The minimum absolute atomic E-state index is 0.868. The Morgan fingerprint density at radius 2 is 2.21 bits per heavy atom. The van der Waals surface area contributed by atoms with E-state index in [-0.39, 0.29) is 0 Å². The summed E-state index contributed by atoms with van der Waals surface area (Å²) in [6.07, 6.45) is 2.42. The third-order valence-electron chi connectivity index (χ3n) is 3.39. The smallest absolute Gasteiger partial charge is 0.0471 e. The molecule has 0 amide bonds. The lowest BCUT2D eigenvalue weighted by Crippen LogP contribution is -2.27. The Morgan fingerprint density at radius 3 is 3.05 bits per heavy atom. The molecule has 1 aromatic carbocycles. The Bertz CT molecular complexity index is 390. The van der Waals surface area contributed by atoms with Crippen LogP contribution >= 0.6 is 23.4 Å². The van der Waals surface area contributed by atoms with Gasteiger partial charge in [0.05, 0.1) is 0 Å². The van der Waals surface area contributed by atoms with Crippen LogP contribution in [0, 0.1) is 0 Å². The Kier molecular flexibility index (Phi) is 6.35. The lowest BCUT2D eigenvalue weighted by molar-refractivity contribution is 0.672. The number of nitrogens with zero attached hydrogens (tertiary/aromatic N) is 1. The van der Waals surface area contributed by atoms with Crippen molar-refractivity contribution in [1.82, 2.24) is 5.32 Å². The number of hydrogen-bond donors (Lipinski definition) is 1. The van der Waals surface area contributed by atoms with E-state index in [2.05, 4.69) is 41.0 Å². The van der Waals surface area contributed by atoms with Crippen LogP contribution in [0.2, 0.25) is 5.02 Å². The van der Waals surface area contributed by atoms with Crippen LogP contribution in [0.15, 0.2) is 18.2 Å². The Morgan fingerprint density at radius 1 is 1.32 bits per heavy atom. The molecule has 0 atom stereocenters. The third-order valence-corrected chi connectivity index (χ3v) is 4.79. The van der Waals surface area contributed by atoms with Gasteiger partial charge in [-0.3, -0.25) is 0 Å². The number of halogens is 1. The van der Waals surface area contributed by atoms with E-state index in [1.165, 1.54) is 29.2 Å². The highest BCUT2D eigenvalue weighted by atomic mass is 35.5. The van der Waals surface area contributed by atoms with Crippen molar-refractivity contribution in [2.24, 2.45) is 0 Å². The van der Waals surface area contributed by atoms with Gasteiger partial charge in [0.1, 0.15) is 0 Å². The predicted molar refractivity (Wildman–Crippen MR) is 87.6 cm³/mol. The van der Waals surface area contributed by atoms with Crippen LogP contribution in [-0.4, -0.2) is 31.1 Å². The zero-order chi connectivity index (χ0) is 13.5. The first-order valence-electron chi connectivity index (χ1n) is 7.13. The van der Waals surface area contributed by atoms with Crippen molar-refractivity contribution in [2.75, 3.05) is 36.0 Å². The van der Waals surface area contributed by atoms with Gasteiger partial charge < -0.3 is 10.2 Å². The van der Waals surface area contributed by atoms with Crippen molar-refractivity contribution in [2.45, 2.75) is 26.3 Å². The van der Waals surface area contributed by atoms with Crippen molar-refractivity contribution in [3.05, 3.63) is 28.8 Å². The molecule has 2 nitrogen and oxygen atoms in total. The van der Waals surface area contributed by atoms with Gasteiger partial charge in [-0.25, -0.2) is 0 Å². The van der Waals surface area contributed by atoms with Gasteiger partial charge in [-0.05, 0) is 37.3 Å². The van der Waals surface area contributed by atoms with Crippen LogP contribution < -0.4 is 10.2 Å². The minimum Gasteiger partial charge on any atom is -0.370 e. The number of rotatable bonds is 5. The molecule has 0 spiro atoms. The highest BCUT2D eigenvalue weighted by Gasteiger charge is 2.15. The molecule has 0 bridgehead atoms. The molecule has 0 aliphatic carbocycles. The van der Waals surface area contributed by atoms with Gasteiger partial charge in [0.2, 0.25) is 0 Å². The van der Waals surface area contributed by atoms with Gasteiger partial charge in [0.15, 0.2) is 0 Å². The van der Waals surface area contributed by atoms with E-state index in [0.717, 1.165) is 37.6 Å². The molecule has 1 saturated heterocycles. The SMILES string of the molecule is CCCNCc1c(Cl)cccc1N1CCCSCC1. The van der Waals surface area contributed by atoms with Gasteiger partial charge in [-0.2, -0.15) is 11.8 Å². The molecule has 1 aliphatic rings. The Hall–Kier alpha value is -0.380. The van der Waals surface area contributed by atoms with Crippen LogP contribution in [0.3, 0.4) is 0 Å². The van der Waals surface area contributed by atoms with E-state index in [4.69, 9.17) is 11.6 Å². The number of anilines is 1. The second kappa shape index (κ2) is 8.03. The first-order valence-corrected chi connectivity index (χ1v) is 8.67. The average molecular weight is 299 g/mol. The van der Waals surface area contributed by atoms with Crippen molar-refractivity contribution in [3.63, 3.8) is 0 Å². The van der Waals surface area contributed by atoms with Crippen LogP contribution in [0.4, 0.5) is 5.69 Å². The monoisotopic (exact) mass is 298 g/mol. The molecule has 4 heteroatoms. The van der Waals surface area contributed by atoms with Crippen LogP contribution in [0.25, 0.3) is 0 Å². The first kappa shape index (κ1) is 15.0. The molecule has 1 aromatic rings. The summed E-state index contributed by atoms with van der Waals surface area (Å²) in [5.74, 6) is 2.49. The van der Waals surface area contributed by atoms with E-state index in [9.17, 15) is 0 Å². The number of hydrogen-bond acceptors (Lipinski definition) is 3. The van der Waals surface area contributed by atoms with Crippen molar-refractivity contribution < 1.29 is 0 Å². The van der Waals surface area contributed by atoms with Crippen molar-refractivity contribution in [3.8, 4) is 0 Å². The van der Waals surface area contributed by atoms with E-state index in [1.807, 2.05) is 6.07 Å². The fraction of sp³-hybridized carbons (Fsp3) is 0.600. The average Bonchev–Trinajstić information content (AvgIpc) is 2.69. The van der Waals surface area contributed by atoms with Gasteiger partial charge in [0, 0.05) is 41.7 Å². The Balaban J connectivity index is 2.15. The molecule has 1 N–H and O–H groups in total. The Labute approximate surface area is 125 Å². The van der Waals surface area contributed by atoms with Crippen LogP contribution in [-0.2, 0) is 6.54 Å². The summed E-state index contributed by atoms with van der Waals surface area (Å²) in [5, 5.41) is 4.36. The van der Waals surface area contributed by atoms with Gasteiger partial charge in [-0.15, -0.1) is 0 Å². The predicted octanol–water partition coefficient (Wildman–Crippen LogP) is 3.78. The van der Waals surface area contributed by atoms with Gasteiger partial charge in [0.25, 0.3) is 0 Å². The first-order chi connectivity index (χ1) is 9.33. The summed E-state index contributed by atoms with van der Waals surface area (Å²) >= 11 is 8.45. The fourth-order valence-electron chi connectivity index (χ4n) is 2.40. The summed E-state index contributed by atoms with van der Waals surface area (Å²) in [6, 6.07) is 6.28. The molecule has 0 aromatic heterocycles. The summed E-state index contributed by atoms with van der Waals surface area (Å²) in [6.45, 7) is 6.37. The summed E-state index contributed by atoms with van der Waals surface area (Å²) < 4.78 is 0.